The van der Waals surface area contributed by atoms with Gasteiger partial charge in [0, 0.05) is 5.39 Å². The van der Waals surface area contributed by atoms with Crippen LogP contribution in [0.1, 0.15) is 41.5 Å². The Morgan fingerprint density at radius 2 is 1.52 bits per heavy atom. The van der Waals surface area contributed by atoms with Crippen LogP contribution < -0.4 is 14.4 Å². The molecular formula is C26H27NO6. The third-order valence-electron chi connectivity index (χ3n) is 4.64. The highest BCUT2D eigenvalue weighted by Crippen LogP contribution is 2.50. The molecule has 1 aliphatic heterocycles. The molecular weight excluding hydrogens is 422 g/mol. The molecule has 0 unspecified atom stereocenters. The number of anilines is 2. The lowest BCUT2D eigenvalue weighted by atomic mass is 10.0. The molecule has 33 heavy (non-hydrogen) atoms. The summed E-state index contributed by atoms with van der Waals surface area (Å²) in [6, 6.07) is 16.1. The van der Waals surface area contributed by atoms with Gasteiger partial charge >= 0.3 is 12.2 Å². The fourth-order valence-corrected chi connectivity index (χ4v) is 3.48. The molecule has 0 aliphatic carbocycles. The first-order valence-electron chi connectivity index (χ1n) is 10.7. The summed E-state index contributed by atoms with van der Waals surface area (Å²) in [7, 11) is 0. The lowest BCUT2D eigenvalue weighted by Crippen LogP contribution is -2.35. The first kappa shape index (κ1) is 22.5. The standard InChI is InChI=1S/C26H27NO6/c1-25(2,3)32-23(28)27-19-9-7-8-10-20(19)31-21-14-11-16-15-17(12-13-18(16)22(21)27)30-24(29)33-26(4,5)6/h7-15H,1-6H3. The van der Waals surface area contributed by atoms with Crippen LogP contribution in [0.2, 0.25) is 0 Å². The summed E-state index contributed by atoms with van der Waals surface area (Å²) in [6.07, 6.45) is -1.30. The summed E-state index contributed by atoms with van der Waals surface area (Å²) < 4.78 is 22.4. The first-order valence-corrected chi connectivity index (χ1v) is 10.7. The van der Waals surface area contributed by atoms with Crippen LogP contribution in [-0.2, 0) is 9.47 Å². The Balaban J connectivity index is 1.78. The van der Waals surface area contributed by atoms with Crippen LogP contribution in [0.25, 0.3) is 10.8 Å². The Hall–Kier alpha value is -3.74. The zero-order valence-electron chi connectivity index (χ0n) is 19.6. The molecule has 0 atom stereocenters. The molecule has 0 N–H and O–H groups in total. The van der Waals surface area contributed by atoms with E-state index in [1.165, 1.54) is 4.90 Å². The number of carbonyl (C=O) groups excluding carboxylic acids is 2. The molecule has 0 fully saturated rings. The lowest BCUT2D eigenvalue weighted by Gasteiger charge is -2.33. The van der Waals surface area contributed by atoms with Crippen LogP contribution in [0.5, 0.6) is 17.2 Å². The molecule has 0 saturated carbocycles. The molecule has 4 rings (SSSR count). The van der Waals surface area contributed by atoms with Gasteiger partial charge in [0.05, 0.1) is 5.69 Å². The number of amides is 1. The van der Waals surface area contributed by atoms with Gasteiger partial charge in [-0.15, -0.1) is 0 Å². The molecule has 0 bridgehead atoms. The van der Waals surface area contributed by atoms with Gasteiger partial charge in [-0.05, 0) is 83.3 Å². The number of fused-ring (bicyclic) bond motifs is 4. The van der Waals surface area contributed by atoms with Crippen LogP contribution in [0.15, 0.2) is 54.6 Å². The highest BCUT2D eigenvalue weighted by molar-refractivity contribution is 6.10. The third kappa shape index (κ3) is 4.87. The highest BCUT2D eigenvalue weighted by Gasteiger charge is 2.34. The first-order chi connectivity index (χ1) is 15.4. The van der Waals surface area contributed by atoms with E-state index >= 15 is 0 Å². The molecule has 7 heteroatoms. The van der Waals surface area contributed by atoms with Crippen molar-refractivity contribution in [2.24, 2.45) is 0 Å². The molecule has 3 aromatic rings. The number of para-hydroxylation sites is 2. The summed E-state index contributed by atoms with van der Waals surface area (Å²) in [4.78, 5) is 26.9. The normalized spacial score (nSPS) is 13.0. The van der Waals surface area contributed by atoms with E-state index in [9.17, 15) is 9.59 Å². The molecule has 0 radical (unpaired) electrons. The summed E-state index contributed by atoms with van der Waals surface area (Å²) in [6.45, 7) is 10.8. The number of ether oxygens (including phenoxy) is 4. The van der Waals surface area contributed by atoms with E-state index in [2.05, 4.69) is 0 Å². The zero-order valence-corrected chi connectivity index (χ0v) is 19.6. The maximum absolute atomic E-state index is 13.3. The van der Waals surface area contributed by atoms with E-state index in [1.807, 2.05) is 39.0 Å². The Morgan fingerprint density at radius 1 is 0.818 bits per heavy atom. The molecule has 1 heterocycles. The van der Waals surface area contributed by atoms with E-state index < -0.39 is 23.5 Å². The van der Waals surface area contributed by atoms with Crippen molar-refractivity contribution in [3.63, 3.8) is 0 Å². The molecule has 0 saturated heterocycles. The third-order valence-corrected chi connectivity index (χ3v) is 4.64. The minimum atomic E-state index is -0.785. The topological polar surface area (TPSA) is 74.3 Å². The number of carbonyl (C=O) groups is 2. The molecule has 0 aromatic heterocycles. The van der Waals surface area contributed by atoms with Crippen molar-refractivity contribution in [3.8, 4) is 17.2 Å². The van der Waals surface area contributed by atoms with Crippen LogP contribution in [-0.4, -0.2) is 23.5 Å². The second-order valence-electron chi connectivity index (χ2n) is 9.75. The SMILES string of the molecule is CC(C)(C)OC(=O)Oc1ccc2c3c(ccc2c1)Oc1ccccc1N3C(=O)OC(C)(C)C. The van der Waals surface area contributed by atoms with Gasteiger partial charge in [-0.25, -0.2) is 14.5 Å². The van der Waals surface area contributed by atoms with Crippen molar-refractivity contribution in [3.05, 3.63) is 54.6 Å². The van der Waals surface area contributed by atoms with E-state index in [0.29, 0.717) is 28.6 Å². The summed E-state index contributed by atoms with van der Waals surface area (Å²) in [5, 5.41) is 1.50. The largest absolute Gasteiger partial charge is 0.514 e. The van der Waals surface area contributed by atoms with Gasteiger partial charge in [-0.3, -0.25) is 0 Å². The van der Waals surface area contributed by atoms with Gasteiger partial charge in [0.25, 0.3) is 0 Å². The molecule has 7 nitrogen and oxygen atoms in total. The highest BCUT2D eigenvalue weighted by atomic mass is 16.7. The molecule has 3 aromatic carbocycles. The fraction of sp³-hybridized carbons (Fsp3) is 0.308. The second kappa shape index (κ2) is 7.99. The molecule has 172 valence electrons. The Bertz CT molecular complexity index is 1240. The lowest BCUT2D eigenvalue weighted by molar-refractivity contribution is 0.0206. The van der Waals surface area contributed by atoms with Crippen molar-refractivity contribution >= 4 is 34.4 Å². The van der Waals surface area contributed by atoms with Crippen LogP contribution >= 0.6 is 0 Å². The van der Waals surface area contributed by atoms with Crippen LogP contribution in [0.4, 0.5) is 21.0 Å². The predicted molar refractivity (Wildman–Crippen MR) is 126 cm³/mol. The van der Waals surface area contributed by atoms with Crippen LogP contribution in [0.3, 0.4) is 0 Å². The fourth-order valence-electron chi connectivity index (χ4n) is 3.48. The maximum Gasteiger partial charge on any atom is 0.514 e. The van der Waals surface area contributed by atoms with Crippen molar-refractivity contribution in [2.45, 2.75) is 52.7 Å². The number of hydrogen-bond acceptors (Lipinski definition) is 6. The quantitative estimate of drug-likeness (QED) is 0.286. The monoisotopic (exact) mass is 449 g/mol. The second-order valence-corrected chi connectivity index (χ2v) is 9.75. The summed E-state index contributed by atoms with van der Waals surface area (Å²) >= 11 is 0. The molecule has 0 spiro atoms. The van der Waals surface area contributed by atoms with Crippen LogP contribution in [0, 0.1) is 0 Å². The van der Waals surface area contributed by atoms with Crippen molar-refractivity contribution in [1.29, 1.82) is 0 Å². The Kier molecular flexibility index (Phi) is 5.44. The zero-order chi connectivity index (χ0) is 24.0. The van der Waals surface area contributed by atoms with Gasteiger partial charge < -0.3 is 18.9 Å². The number of benzene rings is 3. The number of nitrogens with zero attached hydrogens (tertiary/aromatic N) is 1. The molecule has 1 aliphatic rings. The van der Waals surface area contributed by atoms with E-state index in [-0.39, 0.29) is 0 Å². The van der Waals surface area contributed by atoms with E-state index in [4.69, 9.17) is 18.9 Å². The van der Waals surface area contributed by atoms with Gasteiger partial charge in [0.1, 0.15) is 22.6 Å². The maximum atomic E-state index is 13.3. The van der Waals surface area contributed by atoms with E-state index in [0.717, 1.165) is 10.8 Å². The van der Waals surface area contributed by atoms with E-state index in [1.54, 1.807) is 57.2 Å². The number of rotatable bonds is 1. The van der Waals surface area contributed by atoms with Crippen molar-refractivity contribution in [1.82, 2.24) is 0 Å². The summed E-state index contributed by atoms with van der Waals surface area (Å²) in [5.41, 5.74) is -0.195. The Labute approximate surface area is 192 Å². The minimum Gasteiger partial charge on any atom is -0.453 e. The van der Waals surface area contributed by atoms with Gasteiger partial charge in [0.2, 0.25) is 0 Å². The average Bonchev–Trinajstić information content (AvgIpc) is 2.69. The predicted octanol–water partition coefficient (Wildman–Crippen LogP) is 7.33. The minimum absolute atomic E-state index is 0.331. The van der Waals surface area contributed by atoms with Gasteiger partial charge in [-0.1, -0.05) is 18.2 Å². The Morgan fingerprint density at radius 3 is 2.21 bits per heavy atom. The number of hydrogen-bond donors (Lipinski definition) is 0. The van der Waals surface area contributed by atoms with Crippen molar-refractivity contribution in [2.75, 3.05) is 4.90 Å². The summed E-state index contributed by atoms with van der Waals surface area (Å²) in [5.74, 6) is 1.41. The van der Waals surface area contributed by atoms with Crippen molar-refractivity contribution < 1.29 is 28.5 Å². The smallest absolute Gasteiger partial charge is 0.453 e. The van der Waals surface area contributed by atoms with Gasteiger partial charge in [0.15, 0.2) is 11.5 Å². The van der Waals surface area contributed by atoms with Gasteiger partial charge in [-0.2, -0.15) is 0 Å². The average molecular weight is 450 g/mol. The molecule has 1 amide bonds.